The van der Waals surface area contributed by atoms with Crippen molar-refractivity contribution in [2.24, 2.45) is 0 Å². The van der Waals surface area contributed by atoms with Crippen LogP contribution >= 0.6 is 0 Å². The summed E-state index contributed by atoms with van der Waals surface area (Å²) in [6.07, 6.45) is -0.484. The molecule has 128 valence electrons. The molecule has 0 amide bonds. The van der Waals surface area contributed by atoms with E-state index < -0.39 is 6.10 Å². The average molecular weight is 326 g/mol. The third-order valence-electron chi connectivity index (χ3n) is 4.54. The minimum Gasteiger partial charge on any atom is -0.387 e. The van der Waals surface area contributed by atoms with Crippen molar-refractivity contribution in [2.45, 2.75) is 19.6 Å². The predicted molar refractivity (Wildman–Crippen MR) is 97.3 cm³/mol. The van der Waals surface area contributed by atoms with Gasteiger partial charge in [-0.25, -0.2) is 0 Å². The standard InChI is InChI=1S/C20H26N2O2/c1-16-6-2-4-8-18(16)20(23)15-21-14-17-7-3-5-9-19(17)22-10-12-24-13-11-22/h2-9,20-21,23H,10-15H2,1H3. The van der Waals surface area contributed by atoms with E-state index in [0.29, 0.717) is 6.54 Å². The quantitative estimate of drug-likeness (QED) is 0.857. The molecule has 1 atom stereocenters. The zero-order valence-corrected chi connectivity index (χ0v) is 14.2. The largest absolute Gasteiger partial charge is 0.387 e. The molecule has 3 rings (SSSR count). The SMILES string of the molecule is Cc1ccccc1C(O)CNCc1ccccc1N1CCOCC1. The van der Waals surface area contributed by atoms with Gasteiger partial charge in [0.2, 0.25) is 0 Å². The van der Waals surface area contributed by atoms with Gasteiger partial charge in [0.25, 0.3) is 0 Å². The Morgan fingerprint density at radius 1 is 1.08 bits per heavy atom. The minimum absolute atomic E-state index is 0.484. The molecule has 0 radical (unpaired) electrons. The molecule has 2 aromatic carbocycles. The van der Waals surface area contributed by atoms with Crippen molar-refractivity contribution in [3.63, 3.8) is 0 Å². The Balaban J connectivity index is 1.60. The minimum atomic E-state index is -0.484. The van der Waals surface area contributed by atoms with E-state index >= 15 is 0 Å². The van der Waals surface area contributed by atoms with E-state index in [9.17, 15) is 5.11 Å². The second-order valence-electron chi connectivity index (χ2n) is 6.23. The fraction of sp³-hybridized carbons (Fsp3) is 0.400. The number of benzene rings is 2. The number of para-hydroxylation sites is 1. The molecule has 24 heavy (non-hydrogen) atoms. The normalized spacial score (nSPS) is 16.2. The Morgan fingerprint density at radius 3 is 2.58 bits per heavy atom. The number of aliphatic hydroxyl groups excluding tert-OH is 1. The van der Waals surface area contributed by atoms with Crippen molar-refractivity contribution >= 4 is 5.69 Å². The fourth-order valence-electron chi connectivity index (χ4n) is 3.19. The number of nitrogens with one attached hydrogen (secondary N) is 1. The summed E-state index contributed by atoms with van der Waals surface area (Å²) in [7, 11) is 0. The maximum absolute atomic E-state index is 10.4. The number of nitrogens with zero attached hydrogens (tertiary/aromatic N) is 1. The highest BCUT2D eigenvalue weighted by Gasteiger charge is 2.15. The van der Waals surface area contributed by atoms with E-state index in [1.165, 1.54) is 11.3 Å². The summed E-state index contributed by atoms with van der Waals surface area (Å²) in [6.45, 7) is 6.76. The smallest absolute Gasteiger partial charge is 0.0917 e. The van der Waals surface area contributed by atoms with E-state index in [-0.39, 0.29) is 0 Å². The van der Waals surface area contributed by atoms with Crippen molar-refractivity contribution in [2.75, 3.05) is 37.7 Å². The number of aliphatic hydroxyl groups is 1. The van der Waals surface area contributed by atoms with Crippen LogP contribution < -0.4 is 10.2 Å². The maximum atomic E-state index is 10.4. The average Bonchev–Trinajstić information content (AvgIpc) is 2.63. The molecule has 0 saturated carbocycles. The van der Waals surface area contributed by atoms with Crippen LogP contribution in [-0.4, -0.2) is 38.0 Å². The van der Waals surface area contributed by atoms with Gasteiger partial charge in [-0.1, -0.05) is 42.5 Å². The summed E-state index contributed by atoms with van der Waals surface area (Å²) in [4.78, 5) is 2.37. The van der Waals surface area contributed by atoms with Gasteiger partial charge in [0, 0.05) is 31.9 Å². The summed E-state index contributed by atoms with van der Waals surface area (Å²) in [5.74, 6) is 0. The van der Waals surface area contributed by atoms with Crippen LogP contribution in [0.4, 0.5) is 5.69 Å². The molecule has 0 aliphatic carbocycles. The lowest BCUT2D eigenvalue weighted by Crippen LogP contribution is -2.37. The zero-order valence-electron chi connectivity index (χ0n) is 14.2. The second-order valence-corrected chi connectivity index (χ2v) is 6.23. The molecule has 1 fully saturated rings. The molecule has 4 nitrogen and oxygen atoms in total. The Hall–Kier alpha value is -1.88. The third kappa shape index (κ3) is 4.15. The Bertz CT molecular complexity index is 654. The van der Waals surface area contributed by atoms with E-state index in [0.717, 1.165) is 44.0 Å². The predicted octanol–water partition coefficient (Wildman–Crippen LogP) is 2.65. The number of ether oxygens (including phenoxy) is 1. The van der Waals surface area contributed by atoms with Crippen LogP contribution in [0.5, 0.6) is 0 Å². The first-order valence-electron chi connectivity index (χ1n) is 8.60. The lowest BCUT2D eigenvalue weighted by molar-refractivity contribution is 0.122. The van der Waals surface area contributed by atoms with Crippen molar-refractivity contribution in [3.05, 3.63) is 65.2 Å². The van der Waals surface area contributed by atoms with Crippen LogP contribution in [0.15, 0.2) is 48.5 Å². The van der Waals surface area contributed by atoms with E-state index in [2.05, 4.69) is 34.5 Å². The highest BCUT2D eigenvalue weighted by molar-refractivity contribution is 5.53. The van der Waals surface area contributed by atoms with Crippen molar-refractivity contribution in [1.82, 2.24) is 5.32 Å². The molecule has 1 heterocycles. The van der Waals surface area contributed by atoms with Crippen molar-refractivity contribution < 1.29 is 9.84 Å². The molecule has 1 aliphatic rings. The molecule has 0 spiro atoms. The van der Waals surface area contributed by atoms with Crippen LogP contribution in [-0.2, 0) is 11.3 Å². The van der Waals surface area contributed by atoms with Gasteiger partial charge in [0.05, 0.1) is 19.3 Å². The van der Waals surface area contributed by atoms with Gasteiger partial charge in [0.1, 0.15) is 0 Å². The van der Waals surface area contributed by atoms with Crippen LogP contribution in [0.1, 0.15) is 22.8 Å². The fourth-order valence-corrected chi connectivity index (χ4v) is 3.19. The van der Waals surface area contributed by atoms with Gasteiger partial charge in [-0.3, -0.25) is 0 Å². The Kier molecular flexibility index (Phi) is 5.86. The van der Waals surface area contributed by atoms with E-state index in [1.807, 2.05) is 31.2 Å². The number of hydrogen-bond donors (Lipinski definition) is 2. The Morgan fingerprint density at radius 2 is 1.79 bits per heavy atom. The number of aryl methyl sites for hydroxylation is 1. The summed E-state index contributed by atoms with van der Waals surface area (Å²) >= 11 is 0. The van der Waals surface area contributed by atoms with Crippen molar-refractivity contribution in [3.8, 4) is 0 Å². The zero-order chi connectivity index (χ0) is 16.8. The van der Waals surface area contributed by atoms with Gasteiger partial charge in [0.15, 0.2) is 0 Å². The first-order chi connectivity index (χ1) is 11.8. The molecular weight excluding hydrogens is 300 g/mol. The van der Waals surface area contributed by atoms with E-state index in [4.69, 9.17) is 4.74 Å². The summed E-state index contributed by atoms with van der Waals surface area (Å²) in [6, 6.07) is 16.5. The molecule has 1 unspecified atom stereocenters. The number of anilines is 1. The molecule has 2 N–H and O–H groups in total. The number of hydrogen-bond acceptors (Lipinski definition) is 4. The first-order valence-corrected chi connectivity index (χ1v) is 8.60. The highest BCUT2D eigenvalue weighted by atomic mass is 16.5. The number of rotatable bonds is 6. The van der Waals surface area contributed by atoms with Crippen LogP contribution in [0.3, 0.4) is 0 Å². The summed E-state index contributed by atoms with van der Waals surface area (Å²) in [5.41, 5.74) is 4.64. The Labute approximate surface area is 144 Å². The molecule has 0 aromatic heterocycles. The molecule has 2 aromatic rings. The second kappa shape index (κ2) is 8.29. The van der Waals surface area contributed by atoms with Gasteiger partial charge < -0.3 is 20.1 Å². The van der Waals surface area contributed by atoms with Gasteiger partial charge in [-0.05, 0) is 29.7 Å². The topological polar surface area (TPSA) is 44.7 Å². The summed E-state index contributed by atoms with van der Waals surface area (Å²) < 4.78 is 5.44. The molecular formula is C20H26N2O2. The van der Waals surface area contributed by atoms with E-state index in [1.54, 1.807) is 0 Å². The van der Waals surface area contributed by atoms with Gasteiger partial charge in [-0.15, -0.1) is 0 Å². The lowest BCUT2D eigenvalue weighted by Gasteiger charge is -2.30. The van der Waals surface area contributed by atoms with Crippen LogP contribution in [0.25, 0.3) is 0 Å². The monoisotopic (exact) mass is 326 g/mol. The molecule has 1 aliphatic heterocycles. The van der Waals surface area contributed by atoms with Gasteiger partial charge >= 0.3 is 0 Å². The van der Waals surface area contributed by atoms with Gasteiger partial charge in [-0.2, -0.15) is 0 Å². The van der Waals surface area contributed by atoms with Crippen LogP contribution in [0.2, 0.25) is 0 Å². The van der Waals surface area contributed by atoms with Crippen LogP contribution in [0, 0.1) is 6.92 Å². The lowest BCUT2D eigenvalue weighted by atomic mass is 10.0. The number of morpholine rings is 1. The molecule has 1 saturated heterocycles. The molecule has 4 heteroatoms. The highest BCUT2D eigenvalue weighted by Crippen LogP contribution is 2.22. The summed E-state index contributed by atoms with van der Waals surface area (Å²) in [5, 5.41) is 13.8. The molecule has 0 bridgehead atoms. The maximum Gasteiger partial charge on any atom is 0.0917 e. The first kappa shape index (κ1) is 17.0. The third-order valence-corrected chi connectivity index (χ3v) is 4.54. The van der Waals surface area contributed by atoms with Crippen molar-refractivity contribution in [1.29, 1.82) is 0 Å².